The summed E-state index contributed by atoms with van der Waals surface area (Å²) in [4.78, 5) is 22.0. The van der Waals surface area contributed by atoms with E-state index in [2.05, 4.69) is 6.58 Å². The third-order valence-electron chi connectivity index (χ3n) is 2.09. The molecule has 1 atom stereocenters. The molecule has 0 aromatic carbocycles. The Morgan fingerprint density at radius 2 is 1.78 bits per heavy atom. The molecule has 0 heterocycles. The first kappa shape index (κ1) is 17.4. The van der Waals surface area contributed by atoms with E-state index in [1.165, 1.54) is 0 Å². The lowest BCUT2D eigenvalue weighted by molar-refractivity contribution is -0.147. The van der Waals surface area contributed by atoms with Crippen LogP contribution in [-0.2, 0) is 19.1 Å². The fourth-order valence-corrected chi connectivity index (χ4v) is 2.49. The summed E-state index contributed by atoms with van der Waals surface area (Å²) >= 11 is 0. The van der Waals surface area contributed by atoms with Crippen molar-refractivity contribution in [2.45, 2.75) is 20.3 Å². The smallest absolute Gasteiger partial charge is 0.330 e. The van der Waals surface area contributed by atoms with Crippen molar-refractivity contribution >= 4 is 33.5 Å². The van der Waals surface area contributed by atoms with Gasteiger partial charge in [-0.15, -0.1) is 0 Å². The number of esters is 2. The molecule has 0 spiro atoms. The highest BCUT2D eigenvalue weighted by atomic mass is 33.1. The van der Waals surface area contributed by atoms with Crippen LogP contribution in [0.1, 0.15) is 20.3 Å². The minimum Gasteiger partial charge on any atom is -0.465 e. The Bertz CT molecular complexity index is 269. The summed E-state index contributed by atoms with van der Waals surface area (Å²) in [5, 5.41) is 0. The summed E-state index contributed by atoms with van der Waals surface area (Å²) in [6.45, 7) is 7.92. The topological polar surface area (TPSA) is 52.6 Å². The molecule has 0 aliphatic heterocycles. The van der Waals surface area contributed by atoms with Gasteiger partial charge in [0.2, 0.25) is 0 Å². The van der Waals surface area contributed by atoms with Crippen molar-refractivity contribution in [1.82, 2.24) is 0 Å². The van der Waals surface area contributed by atoms with Gasteiger partial charge < -0.3 is 9.47 Å². The van der Waals surface area contributed by atoms with Crippen molar-refractivity contribution in [3.8, 4) is 0 Å². The predicted octanol–water partition coefficient (Wildman–Crippen LogP) is 2.69. The third-order valence-corrected chi connectivity index (χ3v) is 4.42. The molecule has 0 bridgehead atoms. The lowest BCUT2D eigenvalue weighted by Crippen LogP contribution is -2.15. The summed E-state index contributed by atoms with van der Waals surface area (Å²) in [6.07, 6.45) is 1.95. The van der Waals surface area contributed by atoms with Crippen LogP contribution in [0.2, 0.25) is 0 Å². The molecule has 104 valence electrons. The van der Waals surface area contributed by atoms with Gasteiger partial charge in [-0.1, -0.05) is 42.0 Å². The highest BCUT2D eigenvalue weighted by Gasteiger charge is 2.11. The van der Waals surface area contributed by atoms with E-state index in [1.807, 2.05) is 13.8 Å². The average Bonchev–Trinajstić information content (AvgIpc) is 2.39. The molecule has 18 heavy (non-hydrogen) atoms. The van der Waals surface area contributed by atoms with Crippen LogP contribution in [-0.4, -0.2) is 36.7 Å². The highest BCUT2D eigenvalue weighted by Crippen LogP contribution is 2.20. The quantitative estimate of drug-likeness (QED) is 0.267. The van der Waals surface area contributed by atoms with Gasteiger partial charge in [0.05, 0.1) is 5.92 Å². The summed E-state index contributed by atoms with van der Waals surface area (Å²) in [7, 11) is 3.18. The van der Waals surface area contributed by atoms with E-state index in [0.717, 1.165) is 18.2 Å². The molecule has 0 aliphatic carbocycles. The summed E-state index contributed by atoms with van der Waals surface area (Å²) in [5.41, 5.74) is 0. The Kier molecular flexibility index (Phi) is 11.1. The highest BCUT2D eigenvalue weighted by molar-refractivity contribution is 8.76. The van der Waals surface area contributed by atoms with Crippen LogP contribution < -0.4 is 0 Å². The maximum atomic E-state index is 11.3. The molecule has 1 unspecified atom stereocenters. The van der Waals surface area contributed by atoms with Gasteiger partial charge in [-0.2, -0.15) is 0 Å². The predicted molar refractivity (Wildman–Crippen MR) is 76.5 cm³/mol. The van der Waals surface area contributed by atoms with Crippen LogP contribution >= 0.6 is 21.6 Å². The molecule has 0 aromatic heterocycles. The largest absolute Gasteiger partial charge is 0.465 e. The molecule has 4 nitrogen and oxygen atoms in total. The van der Waals surface area contributed by atoms with Crippen molar-refractivity contribution in [3.63, 3.8) is 0 Å². The van der Waals surface area contributed by atoms with Gasteiger partial charge in [0, 0.05) is 17.6 Å². The van der Waals surface area contributed by atoms with Crippen molar-refractivity contribution in [2.24, 2.45) is 5.92 Å². The Morgan fingerprint density at radius 1 is 1.22 bits per heavy atom. The molecule has 0 aliphatic rings. The minimum atomic E-state index is -0.400. The van der Waals surface area contributed by atoms with E-state index in [4.69, 9.17) is 9.47 Å². The molecule has 0 radical (unpaired) electrons. The molecular weight excluding hydrogens is 272 g/mol. The maximum Gasteiger partial charge on any atom is 0.330 e. The third kappa shape index (κ3) is 9.41. The van der Waals surface area contributed by atoms with Gasteiger partial charge in [0.15, 0.2) is 0 Å². The van der Waals surface area contributed by atoms with Gasteiger partial charge in [0.1, 0.15) is 13.2 Å². The Hall–Kier alpha value is -0.620. The number of hydrogen-bond acceptors (Lipinski definition) is 6. The van der Waals surface area contributed by atoms with Crippen molar-refractivity contribution in [2.75, 3.05) is 24.7 Å². The summed E-state index contributed by atoms with van der Waals surface area (Å²) < 4.78 is 9.89. The van der Waals surface area contributed by atoms with Gasteiger partial charge in [-0.3, -0.25) is 4.79 Å². The second-order valence-corrected chi connectivity index (χ2v) is 6.19. The Morgan fingerprint density at radius 3 is 2.28 bits per heavy atom. The summed E-state index contributed by atoms with van der Waals surface area (Å²) in [6, 6.07) is 0. The molecular formula is C12H20O4S2. The Labute approximate surface area is 116 Å². The second kappa shape index (κ2) is 11.5. The molecule has 0 rings (SSSR count). The zero-order valence-electron chi connectivity index (χ0n) is 10.8. The van der Waals surface area contributed by atoms with Crippen molar-refractivity contribution < 1.29 is 19.1 Å². The molecule has 0 aromatic rings. The van der Waals surface area contributed by atoms with E-state index in [0.29, 0.717) is 19.0 Å². The average molecular weight is 292 g/mol. The molecule has 0 N–H and O–H groups in total. The van der Waals surface area contributed by atoms with Gasteiger partial charge in [0.25, 0.3) is 0 Å². The fraction of sp³-hybridized carbons (Fsp3) is 0.667. The van der Waals surface area contributed by atoms with E-state index in [1.54, 1.807) is 21.6 Å². The van der Waals surface area contributed by atoms with Crippen LogP contribution in [0, 0.1) is 5.92 Å². The summed E-state index contributed by atoms with van der Waals surface area (Å²) in [5.74, 6) is 0.887. The zero-order chi connectivity index (χ0) is 13.8. The Balaban J connectivity index is 3.28. The second-order valence-electron chi connectivity index (χ2n) is 3.49. The normalized spacial score (nSPS) is 11.7. The number of carbonyl (C=O) groups excluding carboxylic acids is 2. The fourth-order valence-electron chi connectivity index (χ4n) is 0.838. The minimum absolute atomic E-state index is 0.0269. The molecule has 6 heteroatoms. The van der Waals surface area contributed by atoms with Crippen LogP contribution in [0.25, 0.3) is 0 Å². The van der Waals surface area contributed by atoms with Crippen LogP contribution in [0.4, 0.5) is 0 Å². The molecule has 0 saturated carbocycles. The lowest BCUT2D eigenvalue weighted by atomic mass is 10.1. The molecule has 0 fully saturated rings. The number of ether oxygens (including phenoxy) is 2. The standard InChI is InChI=1S/C12H20O4S2/c1-4-10(3)12(14)16-7-9-18-17-8-6-15-11(13)5-2/h5,10H,2,4,6-9H2,1,3H3. The van der Waals surface area contributed by atoms with E-state index >= 15 is 0 Å². The van der Waals surface area contributed by atoms with Crippen LogP contribution in [0.5, 0.6) is 0 Å². The lowest BCUT2D eigenvalue weighted by Gasteiger charge is -2.08. The van der Waals surface area contributed by atoms with Crippen LogP contribution in [0.15, 0.2) is 12.7 Å². The SMILES string of the molecule is C=CC(=O)OCCSSCCOC(=O)C(C)CC. The van der Waals surface area contributed by atoms with Gasteiger partial charge in [-0.05, 0) is 6.42 Å². The number of hydrogen-bond donors (Lipinski definition) is 0. The number of rotatable bonds is 10. The van der Waals surface area contributed by atoms with Crippen LogP contribution in [0.3, 0.4) is 0 Å². The zero-order valence-corrected chi connectivity index (χ0v) is 12.5. The molecule has 0 amide bonds. The van der Waals surface area contributed by atoms with E-state index in [9.17, 15) is 9.59 Å². The van der Waals surface area contributed by atoms with Gasteiger partial charge in [-0.25, -0.2) is 4.79 Å². The maximum absolute atomic E-state index is 11.3. The number of carbonyl (C=O) groups is 2. The van der Waals surface area contributed by atoms with E-state index < -0.39 is 5.97 Å². The first-order valence-electron chi connectivity index (χ1n) is 5.82. The van der Waals surface area contributed by atoms with E-state index in [-0.39, 0.29) is 11.9 Å². The van der Waals surface area contributed by atoms with Crippen molar-refractivity contribution in [3.05, 3.63) is 12.7 Å². The molecule has 0 saturated heterocycles. The monoisotopic (exact) mass is 292 g/mol. The first-order chi connectivity index (χ1) is 8.61. The van der Waals surface area contributed by atoms with Crippen molar-refractivity contribution in [1.29, 1.82) is 0 Å². The first-order valence-corrected chi connectivity index (χ1v) is 8.30. The van der Waals surface area contributed by atoms with Gasteiger partial charge >= 0.3 is 11.9 Å².